The van der Waals surface area contributed by atoms with Gasteiger partial charge in [0.2, 0.25) is 0 Å². The molecule has 0 aliphatic heterocycles. The van der Waals surface area contributed by atoms with E-state index in [1.807, 2.05) is 0 Å². The van der Waals surface area contributed by atoms with Gasteiger partial charge in [-0.2, -0.15) is 0 Å². The molecule has 2 aromatic rings. The Balaban J connectivity index is 2.13. The minimum Gasteiger partial charge on any atom is -0.493 e. The van der Waals surface area contributed by atoms with Gasteiger partial charge in [0, 0.05) is 0 Å². The van der Waals surface area contributed by atoms with Crippen LogP contribution in [0.5, 0.6) is 11.5 Å². The van der Waals surface area contributed by atoms with E-state index in [1.165, 1.54) is 32.4 Å². The van der Waals surface area contributed by atoms with Crippen LogP contribution in [0.2, 0.25) is 10.0 Å². The van der Waals surface area contributed by atoms with Crippen molar-refractivity contribution in [2.24, 2.45) is 0 Å². The average Bonchev–Trinajstić information content (AvgIpc) is 2.64. The highest BCUT2D eigenvalue weighted by Crippen LogP contribution is 2.31. The van der Waals surface area contributed by atoms with E-state index in [9.17, 15) is 9.59 Å². The number of hydrogen-bond acceptors (Lipinski definition) is 5. The molecule has 26 heavy (non-hydrogen) atoms. The van der Waals surface area contributed by atoms with E-state index in [0.29, 0.717) is 27.8 Å². The SMILES string of the molecule is COC(=O)c1ccc(O[C@@H](C)C(=O)Nc2cccc(Cl)c2Cl)c(OC)c1. The molecule has 0 spiro atoms. The van der Waals surface area contributed by atoms with Gasteiger partial charge >= 0.3 is 5.97 Å². The third kappa shape index (κ3) is 4.59. The van der Waals surface area contributed by atoms with Gasteiger partial charge in [-0.25, -0.2) is 4.79 Å². The molecule has 138 valence electrons. The maximum absolute atomic E-state index is 12.3. The second kappa shape index (κ2) is 8.78. The van der Waals surface area contributed by atoms with E-state index in [0.717, 1.165) is 0 Å². The summed E-state index contributed by atoms with van der Waals surface area (Å²) in [5, 5.41) is 3.23. The maximum Gasteiger partial charge on any atom is 0.337 e. The van der Waals surface area contributed by atoms with Crippen molar-refractivity contribution in [1.29, 1.82) is 0 Å². The summed E-state index contributed by atoms with van der Waals surface area (Å²) in [6, 6.07) is 9.44. The van der Waals surface area contributed by atoms with Gasteiger partial charge in [0.25, 0.3) is 5.91 Å². The number of halogens is 2. The molecule has 0 bridgehead atoms. The molecule has 0 radical (unpaired) electrons. The van der Waals surface area contributed by atoms with Gasteiger partial charge in [0.1, 0.15) is 0 Å². The van der Waals surface area contributed by atoms with E-state index in [4.69, 9.17) is 32.7 Å². The number of anilines is 1. The highest BCUT2D eigenvalue weighted by molar-refractivity contribution is 6.44. The first-order valence-corrected chi connectivity index (χ1v) is 8.30. The molecule has 0 saturated heterocycles. The number of esters is 1. The Kier molecular flexibility index (Phi) is 6.71. The maximum atomic E-state index is 12.3. The lowest BCUT2D eigenvalue weighted by Gasteiger charge is -2.17. The van der Waals surface area contributed by atoms with Crippen LogP contribution in [0, 0.1) is 0 Å². The second-order valence-electron chi connectivity index (χ2n) is 5.21. The lowest BCUT2D eigenvalue weighted by atomic mass is 10.2. The standard InChI is InChI=1S/C18H17Cl2NO5/c1-10(17(22)21-13-6-4-5-12(19)16(13)20)26-14-8-7-11(18(23)25-3)9-15(14)24-2/h4-10H,1-3H3,(H,21,22)/t10-/m0/s1. The van der Waals surface area contributed by atoms with Gasteiger partial charge in [-0.3, -0.25) is 4.79 Å². The van der Waals surface area contributed by atoms with Crippen molar-refractivity contribution in [3.8, 4) is 11.5 Å². The Labute approximate surface area is 160 Å². The summed E-state index contributed by atoms with van der Waals surface area (Å²) in [4.78, 5) is 23.9. The van der Waals surface area contributed by atoms with Gasteiger partial charge in [-0.15, -0.1) is 0 Å². The summed E-state index contributed by atoms with van der Waals surface area (Å²) < 4.78 is 15.5. The molecule has 0 aromatic heterocycles. The third-order valence-corrected chi connectivity index (χ3v) is 4.29. The number of methoxy groups -OCH3 is 2. The summed E-state index contributed by atoms with van der Waals surface area (Å²) in [7, 11) is 2.71. The molecule has 1 amide bonds. The van der Waals surface area contributed by atoms with Gasteiger partial charge in [0.15, 0.2) is 17.6 Å². The van der Waals surface area contributed by atoms with Crippen LogP contribution < -0.4 is 14.8 Å². The van der Waals surface area contributed by atoms with Gasteiger partial charge in [-0.05, 0) is 37.3 Å². The Morgan fingerprint density at radius 2 is 1.81 bits per heavy atom. The first-order chi connectivity index (χ1) is 12.4. The number of nitrogens with one attached hydrogen (secondary N) is 1. The molecule has 1 N–H and O–H groups in total. The number of ether oxygens (including phenoxy) is 3. The third-order valence-electron chi connectivity index (χ3n) is 3.47. The number of carbonyl (C=O) groups is 2. The minimum absolute atomic E-state index is 0.245. The number of benzene rings is 2. The van der Waals surface area contributed by atoms with Crippen LogP contribution in [0.1, 0.15) is 17.3 Å². The predicted octanol–water partition coefficient (Wildman–Crippen LogP) is 4.19. The topological polar surface area (TPSA) is 73.9 Å². The zero-order valence-corrected chi connectivity index (χ0v) is 15.9. The van der Waals surface area contributed by atoms with Crippen LogP contribution in [-0.4, -0.2) is 32.2 Å². The quantitative estimate of drug-likeness (QED) is 0.739. The highest BCUT2D eigenvalue weighted by Gasteiger charge is 2.19. The molecule has 0 saturated carbocycles. The summed E-state index contributed by atoms with van der Waals surface area (Å²) in [6.45, 7) is 1.57. The molecule has 0 aliphatic carbocycles. The molecule has 0 heterocycles. The van der Waals surface area contributed by atoms with Crippen LogP contribution in [0.4, 0.5) is 5.69 Å². The number of rotatable bonds is 6. The molecule has 0 unspecified atom stereocenters. The summed E-state index contributed by atoms with van der Waals surface area (Å²) in [5.74, 6) is -0.321. The Bertz CT molecular complexity index is 825. The van der Waals surface area contributed by atoms with Crippen LogP contribution in [0.3, 0.4) is 0 Å². The Morgan fingerprint density at radius 3 is 2.46 bits per heavy atom. The summed E-state index contributed by atoms with van der Waals surface area (Å²) >= 11 is 12.0. The van der Waals surface area contributed by atoms with Crippen molar-refractivity contribution in [1.82, 2.24) is 0 Å². The monoisotopic (exact) mass is 397 g/mol. The van der Waals surface area contributed by atoms with Crippen molar-refractivity contribution in [2.45, 2.75) is 13.0 Å². The van der Waals surface area contributed by atoms with Crippen molar-refractivity contribution in [3.63, 3.8) is 0 Å². The van der Waals surface area contributed by atoms with Gasteiger partial charge in [0.05, 0.1) is 35.5 Å². The molecule has 1 atom stereocenters. The fraction of sp³-hybridized carbons (Fsp3) is 0.222. The fourth-order valence-electron chi connectivity index (χ4n) is 2.09. The lowest BCUT2D eigenvalue weighted by molar-refractivity contribution is -0.122. The van der Waals surface area contributed by atoms with Crippen molar-refractivity contribution < 1.29 is 23.8 Å². The second-order valence-corrected chi connectivity index (χ2v) is 5.99. The molecule has 2 aromatic carbocycles. The van der Waals surface area contributed by atoms with Crippen LogP contribution in [0.25, 0.3) is 0 Å². The normalized spacial score (nSPS) is 11.4. The van der Waals surface area contributed by atoms with Crippen molar-refractivity contribution in [2.75, 3.05) is 19.5 Å². The van der Waals surface area contributed by atoms with Crippen LogP contribution >= 0.6 is 23.2 Å². The predicted molar refractivity (Wildman–Crippen MR) is 99.5 cm³/mol. The van der Waals surface area contributed by atoms with E-state index in [1.54, 1.807) is 25.1 Å². The zero-order chi connectivity index (χ0) is 19.3. The van der Waals surface area contributed by atoms with E-state index < -0.39 is 18.0 Å². The first kappa shape index (κ1) is 19.9. The summed E-state index contributed by atoms with van der Waals surface area (Å²) in [6.07, 6.45) is -0.858. The molecule has 0 fully saturated rings. The number of carbonyl (C=O) groups excluding carboxylic acids is 2. The van der Waals surface area contributed by atoms with Gasteiger partial charge in [-0.1, -0.05) is 29.3 Å². The first-order valence-electron chi connectivity index (χ1n) is 7.55. The van der Waals surface area contributed by atoms with Crippen LogP contribution in [-0.2, 0) is 9.53 Å². The molecule has 2 rings (SSSR count). The smallest absolute Gasteiger partial charge is 0.337 e. The minimum atomic E-state index is -0.858. The van der Waals surface area contributed by atoms with Crippen molar-refractivity contribution >= 4 is 40.8 Å². The number of hydrogen-bond donors (Lipinski definition) is 1. The average molecular weight is 398 g/mol. The lowest BCUT2D eigenvalue weighted by Crippen LogP contribution is -2.30. The zero-order valence-electron chi connectivity index (χ0n) is 14.3. The Morgan fingerprint density at radius 1 is 1.08 bits per heavy atom. The van der Waals surface area contributed by atoms with Crippen molar-refractivity contribution in [3.05, 3.63) is 52.0 Å². The van der Waals surface area contributed by atoms with E-state index in [-0.39, 0.29) is 5.02 Å². The molecular formula is C18H17Cl2NO5. The summed E-state index contributed by atoms with van der Waals surface area (Å²) in [5.41, 5.74) is 0.687. The molecule has 6 nitrogen and oxygen atoms in total. The Hall–Kier alpha value is -2.44. The van der Waals surface area contributed by atoms with Crippen LogP contribution in [0.15, 0.2) is 36.4 Å². The fourth-order valence-corrected chi connectivity index (χ4v) is 2.44. The molecule has 0 aliphatic rings. The van der Waals surface area contributed by atoms with Gasteiger partial charge < -0.3 is 19.5 Å². The molecule has 8 heteroatoms. The molecular weight excluding hydrogens is 381 g/mol. The van der Waals surface area contributed by atoms with E-state index in [2.05, 4.69) is 10.1 Å². The largest absolute Gasteiger partial charge is 0.493 e. The number of amides is 1. The highest BCUT2D eigenvalue weighted by atomic mass is 35.5. The van der Waals surface area contributed by atoms with E-state index >= 15 is 0 Å².